The summed E-state index contributed by atoms with van der Waals surface area (Å²) in [6.07, 6.45) is 1.66. The first-order chi connectivity index (χ1) is 7.07. The lowest BCUT2D eigenvalue weighted by molar-refractivity contribution is -0.122. The average Bonchev–Trinajstić information content (AvgIpc) is 2.16. The van der Waals surface area contributed by atoms with Crippen LogP contribution in [-0.4, -0.2) is 31.7 Å². The molecule has 1 atom stereocenters. The van der Waals surface area contributed by atoms with Crippen LogP contribution in [0.3, 0.4) is 0 Å². The Bertz CT molecular complexity index is 172. The van der Waals surface area contributed by atoms with Crippen molar-refractivity contribution >= 4 is 5.91 Å². The summed E-state index contributed by atoms with van der Waals surface area (Å²) in [5.41, 5.74) is 5.64. The number of ether oxygens (including phenoxy) is 1. The predicted molar refractivity (Wildman–Crippen MR) is 61.6 cm³/mol. The van der Waals surface area contributed by atoms with Gasteiger partial charge in [0.1, 0.15) is 0 Å². The lowest BCUT2D eigenvalue weighted by Crippen LogP contribution is -2.41. The van der Waals surface area contributed by atoms with E-state index in [9.17, 15) is 4.79 Å². The molecule has 0 aromatic heterocycles. The standard InChI is InChI=1S/C11H24N2O2/c1-4-5-10(12)11(14)13-6-7-15-8-9(2)3/h9-10H,4-8,12H2,1-3H3,(H,13,14)/t10-/m1/s1. The molecule has 0 unspecified atom stereocenters. The van der Waals surface area contributed by atoms with Gasteiger partial charge in [-0.2, -0.15) is 0 Å². The van der Waals surface area contributed by atoms with E-state index in [1.165, 1.54) is 0 Å². The molecule has 0 fully saturated rings. The zero-order valence-electron chi connectivity index (χ0n) is 10.1. The van der Waals surface area contributed by atoms with Gasteiger partial charge in [-0.3, -0.25) is 4.79 Å². The van der Waals surface area contributed by atoms with Gasteiger partial charge >= 0.3 is 0 Å². The van der Waals surface area contributed by atoms with Gasteiger partial charge in [0.05, 0.1) is 12.6 Å². The zero-order valence-corrected chi connectivity index (χ0v) is 10.1. The van der Waals surface area contributed by atoms with Crippen molar-refractivity contribution in [1.82, 2.24) is 5.32 Å². The van der Waals surface area contributed by atoms with Gasteiger partial charge in [0, 0.05) is 13.2 Å². The molecule has 0 rings (SSSR count). The van der Waals surface area contributed by atoms with Crippen molar-refractivity contribution < 1.29 is 9.53 Å². The molecular weight excluding hydrogens is 192 g/mol. The molecule has 4 nitrogen and oxygen atoms in total. The molecule has 0 aliphatic rings. The molecule has 3 N–H and O–H groups in total. The molecule has 0 bridgehead atoms. The van der Waals surface area contributed by atoms with E-state index in [4.69, 9.17) is 10.5 Å². The molecule has 0 saturated carbocycles. The van der Waals surface area contributed by atoms with Crippen molar-refractivity contribution in [3.05, 3.63) is 0 Å². The average molecular weight is 216 g/mol. The number of carbonyl (C=O) groups excluding carboxylic acids is 1. The van der Waals surface area contributed by atoms with E-state index >= 15 is 0 Å². The SMILES string of the molecule is CCC[C@@H](N)C(=O)NCCOCC(C)C. The van der Waals surface area contributed by atoms with Crippen LogP contribution in [0.25, 0.3) is 0 Å². The van der Waals surface area contributed by atoms with Gasteiger partial charge in [-0.15, -0.1) is 0 Å². The van der Waals surface area contributed by atoms with Crippen LogP contribution in [0, 0.1) is 5.92 Å². The third kappa shape index (κ3) is 8.39. The summed E-state index contributed by atoms with van der Waals surface area (Å²) in [6.45, 7) is 8.03. The summed E-state index contributed by atoms with van der Waals surface area (Å²) in [6, 6.07) is -0.375. The monoisotopic (exact) mass is 216 g/mol. The maximum atomic E-state index is 11.3. The van der Waals surface area contributed by atoms with E-state index in [-0.39, 0.29) is 11.9 Å². The molecule has 0 radical (unpaired) electrons. The van der Waals surface area contributed by atoms with E-state index in [1.807, 2.05) is 6.92 Å². The highest BCUT2D eigenvalue weighted by Gasteiger charge is 2.10. The predicted octanol–water partition coefficient (Wildman–Crippen LogP) is 0.903. The number of carbonyl (C=O) groups is 1. The molecule has 0 aliphatic heterocycles. The highest BCUT2D eigenvalue weighted by atomic mass is 16.5. The Labute approximate surface area is 92.6 Å². The minimum atomic E-state index is -0.375. The Morgan fingerprint density at radius 1 is 1.47 bits per heavy atom. The Hall–Kier alpha value is -0.610. The fourth-order valence-corrected chi connectivity index (χ4v) is 1.14. The van der Waals surface area contributed by atoms with Crippen molar-refractivity contribution in [2.75, 3.05) is 19.8 Å². The summed E-state index contributed by atoms with van der Waals surface area (Å²) < 4.78 is 5.33. The first-order valence-electron chi connectivity index (χ1n) is 5.69. The van der Waals surface area contributed by atoms with Crippen LogP contribution in [0.1, 0.15) is 33.6 Å². The van der Waals surface area contributed by atoms with E-state index in [0.29, 0.717) is 19.1 Å². The molecule has 0 heterocycles. The second-order valence-corrected chi connectivity index (χ2v) is 4.15. The Morgan fingerprint density at radius 3 is 2.67 bits per heavy atom. The molecule has 0 aliphatic carbocycles. The van der Waals surface area contributed by atoms with Crippen molar-refractivity contribution in [3.63, 3.8) is 0 Å². The molecule has 0 aromatic rings. The largest absolute Gasteiger partial charge is 0.379 e. The Balaban J connectivity index is 3.38. The first kappa shape index (κ1) is 14.4. The van der Waals surface area contributed by atoms with Crippen LogP contribution in [0.15, 0.2) is 0 Å². The molecule has 1 amide bonds. The summed E-state index contributed by atoms with van der Waals surface area (Å²) in [4.78, 5) is 11.3. The van der Waals surface area contributed by atoms with Gasteiger partial charge in [0.2, 0.25) is 5.91 Å². The highest BCUT2D eigenvalue weighted by molar-refractivity contribution is 5.81. The molecule has 90 valence electrons. The van der Waals surface area contributed by atoms with Gasteiger partial charge in [0.25, 0.3) is 0 Å². The van der Waals surface area contributed by atoms with E-state index in [2.05, 4.69) is 19.2 Å². The Morgan fingerprint density at radius 2 is 2.13 bits per heavy atom. The minimum Gasteiger partial charge on any atom is -0.379 e. The van der Waals surface area contributed by atoms with Crippen LogP contribution in [0.5, 0.6) is 0 Å². The zero-order chi connectivity index (χ0) is 11.7. The van der Waals surface area contributed by atoms with Gasteiger partial charge in [0.15, 0.2) is 0 Å². The highest BCUT2D eigenvalue weighted by Crippen LogP contribution is 1.93. The molecule has 0 spiro atoms. The second-order valence-electron chi connectivity index (χ2n) is 4.15. The number of nitrogens with one attached hydrogen (secondary N) is 1. The quantitative estimate of drug-likeness (QED) is 0.593. The second kappa shape index (κ2) is 8.68. The van der Waals surface area contributed by atoms with Crippen LogP contribution in [-0.2, 0) is 9.53 Å². The summed E-state index contributed by atoms with van der Waals surface area (Å²) in [5.74, 6) is 0.452. The molecular formula is C11H24N2O2. The fourth-order valence-electron chi connectivity index (χ4n) is 1.14. The van der Waals surface area contributed by atoms with Gasteiger partial charge < -0.3 is 15.8 Å². The van der Waals surface area contributed by atoms with Crippen LogP contribution >= 0.6 is 0 Å². The number of amides is 1. The van der Waals surface area contributed by atoms with E-state index in [1.54, 1.807) is 0 Å². The molecule has 15 heavy (non-hydrogen) atoms. The maximum Gasteiger partial charge on any atom is 0.236 e. The lowest BCUT2D eigenvalue weighted by atomic mass is 10.2. The molecule has 0 saturated heterocycles. The lowest BCUT2D eigenvalue weighted by Gasteiger charge is -2.11. The topological polar surface area (TPSA) is 64.4 Å². The van der Waals surface area contributed by atoms with Crippen molar-refractivity contribution in [3.8, 4) is 0 Å². The van der Waals surface area contributed by atoms with E-state index in [0.717, 1.165) is 19.4 Å². The Kier molecular flexibility index (Phi) is 8.33. The van der Waals surface area contributed by atoms with Crippen molar-refractivity contribution in [2.24, 2.45) is 11.7 Å². The van der Waals surface area contributed by atoms with Crippen molar-refractivity contribution in [2.45, 2.75) is 39.7 Å². The minimum absolute atomic E-state index is 0.0787. The smallest absolute Gasteiger partial charge is 0.236 e. The van der Waals surface area contributed by atoms with Crippen LogP contribution in [0.4, 0.5) is 0 Å². The van der Waals surface area contributed by atoms with Crippen LogP contribution < -0.4 is 11.1 Å². The number of nitrogens with two attached hydrogens (primary N) is 1. The summed E-state index contributed by atoms with van der Waals surface area (Å²) >= 11 is 0. The number of hydrogen-bond donors (Lipinski definition) is 2. The van der Waals surface area contributed by atoms with Gasteiger partial charge in [-0.1, -0.05) is 27.2 Å². The van der Waals surface area contributed by atoms with Gasteiger partial charge in [-0.25, -0.2) is 0 Å². The third-order valence-electron chi connectivity index (χ3n) is 1.93. The first-order valence-corrected chi connectivity index (χ1v) is 5.69. The van der Waals surface area contributed by atoms with Crippen LogP contribution in [0.2, 0.25) is 0 Å². The number of hydrogen-bond acceptors (Lipinski definition) is 3. The third-order valence-corrected chi connectivity index (χ3v) is 1.93. The number of rotatable bonds is 8. The molecule has 0 aromatic carbocycles. The van der Waals surface area contributed by atoms with E-state index < -0.39 is 0 Å². The summed E-state index contributed by atoms with van der Waals surface area (Å²) in [5, 5.41) is 2.75. The normalized spacial score (nSPS) is 12.9. The summed E-state index contributed by atoms with van der Waals surface area (Å²) in [7, 11) is 0. The van der Waals surface area contributed by atoms with Crippen molar-refractivity contribution in [1.29, 1.82) is 0 Å². The molecule has 4 heteroatoms. The fraction of sp³-hybridized carbons (Fsp3) is 0.909. The van der Waals surface area contributed by atoms with Gasteiger partial charge in [-0.05, 0) is 12.3 Å². The maximum absolute atomic E-state index is 11.3.